The molecule has 2 heterocycles. The first-order valence-electron chi connectivity index (χ1n) is 11.1. The quantitative estimate of drug-likeness (QED) is 0.542. The summed E-state index contributed by atoms with van der Waals surface area (Å²) in [5, 5.41) is 3.01. The maximum Gasteiger partial charge on any atom is 0.246 e. The SMILES string of the molecule is Cc1cc(NC(=O)C2CCN(C(=O)/C=C/c3ccccc3)CC2)ccc1Oc1cccnc1. The van der Waals surface area contributed by atoms with Crippen molar-refractivity contribution < 1.29 is 14.3 Å². The first-order chi connectivity index (χ1) is 16.1. The van der Waals surface area contributed by atoms with Crippen molar-refractivity contribution in [3.63, 3.8) is 0 Å². The van der Waals surface area contributed by atoms with Gasteiger partial charge in [0, 0.05) is 37.0 Å². The molecule has 1 fully saturated rings. The predicted octanol–water partition coefficient (Wildman–Crippen LogP) is 5.07. The molecule has 0 spiro atoms. The summed E-state index contributed by atoms with van der Waals surface area (Å²) in [4.78, 5) is 31.1. The van der Waals surface area contributed by atoms with Crippen LogP contribution in [0.5, 0.6) is 11.5 Å². The molecule has 33 heavy (non-hydrogen) atoms. The Morgan fingerprint density at radius 1 is 1.06 bits per heavy atom. The molecule has 0 bridgehead atoms. The number of likely N-dealkylation sites (tertiary alicyclic amines) is 1. The smallest absolute Gasteiger partial charge is 0.246 e. The number of hydrogen-bond acceptors (Lipinski definition) is 4. The number of aryl methyl sites for hydroxylation is 1. The summed E-state index contributed by atoms with van der Waals surface area (Å²) in [7, 11) is 0. The summed E-state index contributed by atoms with van der Waals surface area (Å²) in [5.74, 6) is 1.24. The average molecular weight is 442 g/mol. The Kier molecular flexibility index (Phi) is 7.15. The lowest BCUT2D eigenvalue weighted by molar-refractivity contribution is -0.130. The highest BCUT2D eigenvalue weighted by Gasteiger charge is 2.26. The van der Waals surface area contributed by atoms with Gasteiger partial charge in [-0.3, -0.25) is 14.6 Å². The number of amides is 2. The number of carbonyl (C=O) groups is 2. The van der Waals surface area contributed by atoms with Crippen molar-refractivity contribution in [2.75, 3.05) is 18.4 Å². The third-order valence-corrected chi connectivity index (χ3v) is 5.70. The molecule has 1 aliphatic rings. The molecule has 0 unspecified atom stereocenters. The van der Waals surface area contributed by atoms with Crippen molar-refractivity contribution in [2.24, 2.45) is 5.92 Å². The monoisotopic (exact) mass is 441 g/mol. The van der Waals surface area contributed by atoms with E-state index in [0.29, 0.717) is 31.7 Å². The van der Waals surface area contributed by atoms with Gasteiger partial charge < -0.3 is 15.0 Å². The minimum atomic E-state index is -0.112. The van der Waals surface area contributed by atoms with Crippen molar-refractivity contribution in [3.8, 4) is 11.5 Å². The summed E-state index contributed by atoms with van der Waals surface area (Å²) in [6.07, 6.45) is 8.08. The lowest BCUT2D eigenvalue weighted by Crippen LogP contribution is -2.40. The second-order valence-electron chi connectivity index (χ2n) is 8.10. The van der Waals surface area contributed by atoms with Crippen molar-refractivity contribution in [1.29, 1.82) is 0 Å². The zero-order chi connectivity index (χ0) is 23.0. The van der Waals surface area contributed by atoms with Crippen LogP contribution in [0.25, 0.3) is 6.08 Å². The van der Waals surface area contributed by atoms with E-state index in [2.05, 4.69) is 10.3 Å². The minimum Gasteiger partial charge on any atom is -0.455 e. The highest BCUT2D eigenvalue weighted by atomic mass is 16.5. The van der Waals surface area contributed by atoms with Crippen LogP contribution in [0.2, 0.25) is 0 Å². The average Bonchev–Trinajstić information content (AvgIpc) is 2.85. The number of carbonyl (C=O) groups excluding carboxylic acids is 2. The minimum absolute atomic E-state index is 0.0118. The number of hydrogen-bond donors (Lipinski definition) is 1. The predicted molar refractivity (Wildman–Crippen MR) is 129 cm³/mol. The van der Waals surface area contributed by atoms with Gasteiger partial charge in [0.15, 0.2) is 0 Å². The molecule has 1 N–H and O–H groups in total. The topological polar surface area (TPSA) is 71.5 Å². The second kappa shape index (κ2) is 10.6. The second-order valence-corrected chi connectivity index (χ2v) is 8.10. The molecule has 6 heteroatoms. The van der Waals surface area contributed by atoms with E-state index in [1.807, 2.05) is 73.7 Å². The molecule has 0 aliphatic carbocycles. The fraction of sp³-hybridized carbons (Fsp3) is 0.222. The van der Waals surface area contributed by atoms with Crippen LogP contribution in [0, 0.1) is 12.8 Å². The van der Waals surface area contributed by atoms with Gasteiger partial charge in [0.05, 0.1) is 6.20 Å². The Labute approximate surface area is 193 Å². The van der Waals surface area contributed by atoms with Crippen molar-refractivity contribution in [2.45, 2.75) is 19.8 Å². The van der Waals surface area contributed by atoms with Gasteiger partial charge in [0.2, 0.25) is 11.8 Å². The van der Waals surface area contributed by atoms with Gasteiger partial charge in [-0.25, -0.2) is 0 Å². The van der Waals surface area contributed by atoms with Crippen LogP contribution >= 0.6 is 0 Å². The highest BCUT2D eigenvalue weighted by molar-refractivity contribution is 5.94. The number of ether oxygens (including phenoxy) is 1. The molecule has 2 aromatic carbocycles. The number of pyridine rings is 1. The van der Waals surface area contributed by atoms with Gasteiger partial charge in [0.1, 0.15) is 11.5 Å². The Hall–Kier alpha value is -3.93. The third kappa shape index (κ3) is 6.07. The van der Waals surface area contributed by atoms with Crippen LogP contribution in [0.4, 0.5) is 5.69 Å². The number of aromatic nitrogens is 1. The van der Waals surface area contributed by atoms with E-state index in [9.17, 15) is 9.59 Å². The first kappa shape index (κ1) is 22.3. The van der Waals surface area contributed by atoms with E-state index in [-0.39, 0.29) is 17.7 Å². The molecule has 0 saturated carbocycles. The molecule has 6 nitrogen and oxygen atoms in total. The Morgan fingerprint density at radius 2 is 1.85 bits per heavy atom. The number of nitrogens with one attached hydrogen (secondary N) is 1. The maximum absolute atomic E-state index is 12.8. The molecular weight excluding hydrogens is 414 g/mol. The van der Waals surface area contributed by atoms with Gasteiger partial charge in [-0.15, -0.1) is 0 Å². The van der Waals surface area contributed by atoms with Crippen molar-refractivity contribution >= 4 is 23.6 Å². The Balaban J connectivity index is 1.28. The zero-order valence-corrected chi connectivity index (χ0v) is 18.6. The summed E-state index contributed by atoms with van der Waals surface area (Å²) >= 11 is 0. The first-order valence-corrected chi connectivity index (χ1v) is 11.1. The van der Waals surface area contributed by atoms with Crippen LogP contribution < -0.4 is 10.1 Å². The van der Waals surface area contributed by atoms with Gasteiger partial charge in [-0.1, -0.05) is 30.3 Å². The molecule has 3 aromatic rings. The van der Waals surface area contributed by atoms with E-state index in [4.69, 9.17) is 4.74 Å². The Bertz CT molecular complexity index is 1120. The fourth-order valence-electron chi connectivity index (χ4n) is 3.82. The molecule has 2 amide bonds. The zero-order valence-electron chi connectivity index (χ0n) is 18.6. The van der Waals surface area contributed by atoms with E-state index < -0.39 is 0 Å². The molecule has 1 aromatic heterocycles. The maximum atomic E-state index is 12.8. The van der Waals surface area contributed by atoms with Gasteiger partial charge in [0.25, 0.3) is 0 Å². The summed E-state index contributed by atoms with van der Waals surface area (Å²) < 4.78 is 5.85. The van der Waals surface area contributed by atoms with Gasteiger partial charge in [-0.05, 0) is 67.3 Å². The van der Waals surface area contributed by atoms with E-state index in [1.165, 1.54) is 0 Å². The van der Waals surface area contributed by atoms with Crippen LogP contribution in [0.15, 0.2) is 79.1 Å². The molecule has 0 radical (unpaired) electrons. The van der Waals surface area contributed by atoms with Crippen LogP contribution in [0.1, 0.15) is 24.0 Å². The van der Waals surface area contributed by atoms with Gasteiger partial charge in [-0.2, -0.15) is 0 Å². The summed E-state index contributed by atoms with van der Waals surface area (Å²) in [5.41, 5.74) is 2.65. The van der Waals surface area contributed by atoms with Crippen LogP contribution in [0.3, 0.4) is 0 Å². The normalized spacial score (nSPS) is 14.3. The summed E-state index contributed by atoms with van der Waals surface area (Å²) in [6, 6.07) is 19.0. The van der Waals surface area contributed by atoms with Crippen LogP contribution in [-0.2, 0) is 9.59 Å². The number of rotatable bonds is 6. The van der Waals surface area contributed by atoms with Crippen molar-refractivity contribution in [1.82, 2.24) is 9.88 Å². The van der Waals surface area contributed by atoms with Crippen LogP contribution in [-0.4, -0.2) is 34.8 Å². The fourth-order valence-corrected chi connectivity index (χ4v) is 3.82. The lowest BCUT2D eigenvalue weighted by Gasteiger charge is -2.30. The van der Waals surface area contributed by atoms with E-state index >= 15 is 0 Å². The molecule has 4 rings (SSSR count). The lowest BCUT2D eigenvalue weighted by atomic mass is 9.95. The van der Waals surface area contributed by atoms with Gasteiger partial charge >= 0.3 is 0 Å². The molecule has 1 saturated heterocycles. The molecular formula is C27H27N3O3. The van der Waals surface area contributed by atoms with E-state index in [0.717, 1.165) is 22.6 Å². The third-order valence-electron chi connectivity index (χ3n) is 5.70. The standard InChI is InChI=1S/C27H27N3O3/c1-20-18-23(10-11-25(20)33-24-8-5-15-28-19-24)29-27(32)22-13-16-30(17-14-22)26(31)12-9-21-6-3-2-4-7-21/h2-12,15,18-19,22H,13-14,16-17H2,1H3,(H,29,32)/b12-9+. The largest absolute Gasteiger partial charge is 0.455 e. The molecule has 168 valence electrons. The number of nitrogens with zero attached hydrogens (tertiary/aromatic N) is 2. The number of anilines is 1. The highest BCUT2D eigenvalue weighted by Crippen LogP contribution is 2.27. The Morgan fingerprint density at radius 3 is 2.55 bits per heavy atom. The molecule has 0 atom stereocenters. The number of piperidine rings is 1. The summed E-state index contributed by atoms with van der Waals surface area (Å²) in [6.45, 7) is 3.09. The van der Waals surface area contributed by atoms with Crippen molar-refractivity contribution in [3.05, 3.63) is 90.3 Å². The van der Waals surface area contributed by atoms with E-state index in [1.54, 1.807) is 23.4 Å². The number of benzene rings is 2. The molecule has 1 aliphatic heterocycles.